The SMILES string of the molecule is FCOc1ccc2ccccc2[n+]1Cc1ccccc1. The molecule has 0 saturated carbocycles. The van der Waals surface area contributed by atoms with Crippen molar-refractivity contribution in [3.8, 4) is 5.88 Å². The van der Waals surface area contributed by atoms with Gasteiger partial charge >= 0.3 is 5.88 Å². The smallest absolute Gasteiger partial charge is 0.370 e. The minimum Gasteiger partial charge on any atom is -0.412 e. The Morgan fingerprint density at radius 3 is 2.40 bits per heavy atom. The summed E-state index contributed by atoms with van der Waals surface area (Å²) in [5.41, 5.74) is 2.18. The number of halogens is 1. The van der Waals surface area contributed by atoms with E-state index < -0.39 is 6.86 Å². The third-order valence-electron chi connectivity index (χ3n) is 3.28. The van der Waals surface area contributed by atoms with Gasteiger partial charge in [0.25, 0.3) is 0 Å². The topological polar surface area (TPSA) is 13.1 Å². The molecule has 3 aromatic rings. The van der Waals surface area contributed by atoms with Gasteiger partial charge in [0.05, 0.1) is 6.07 Å². The number of benzene rings is 2. The highest BCUT2D eigenvalue weighted by Gasteiger charge is 2.17. The number of para-hydroxylation sites is 1. The maximum atomic E-state index is 12.6. The first-order valence-electron chi connectivity index (χ1n) is 6.53. The highest BCUT2D eigenvalue weighted by molar-refractivity contribution is 5.75. The second kappa shape index (κ2) is 5.70. The van der Waals surface area contributed by atoms with E-state index >= 15 is 0 Å². The number of aromatic nitrogens is 1. The van der Waals surface area contributed by atoms with Gasteiger partial charge < -0.3 is 4.74 Å². The second-order valence-corrected chi connectivity index (χ2v) is 4.56. The van der Waals surface area contributed by atoms with Gasteiger partial charge in [-0.2, -0.15) is 4.57 Å². The summed E-state index contributed by atoms with van der Waals surface area (Å²) < 4.78 is 19.7. The van der Waals surface area contributed by atoms with Crippen molar-refractivity contribution < 1.29 is 13.7 Å². The number of hydrogen-bond acceptors (Lipinski definition) is 1. The summed E-state index contributed by atoms with van der Waals surface area (Å²) >= 11 is 0. The summed E-state index contributed by atoms with van der Waals surface area (Å²) in [7, 11) is 0. The molecule has 0 aliphatic heterocycles. The normalized spacial score (nSPS) is 10.7. The van der Waals surface area contributed by atoms with E-state index in [0.29, 0.717) is 12.4 Å². The van der Waals surface area contributed by atoms with Crippen LogP contribution in [0.25, 0.3) is 10.9 Å². The standard InChI is InChI=1S/C17H15FNO/c18-13-20-17-11-10-15-8-4-5-9-16(15)19(17)12-14-6-2-1-3-7-14/h1-11H,12-13H2/q+1. The van der Waals surface area contributed by atoms with Crippen LogP contribution in [0.2, 0.25) is 0 Å². The number of hydrogen-bond donors (Lipinski definition) is 0. The lowest BCUT2D eigenvalue weighted by Gasteiger charge is -2.06. The van der Waals surface area contributed by atoms with Crippen molar-refractivity contribution in [2.75, 3.05) is 6.86 Å². The van der Waals surface area contributed by atoms with Gasteiger partial charge in [-0.05, 0) is 12.1 Å². The van der Waals surface area contributed by atoms with Crippen molar-refractivity contribution >= 4 is 10.9 Å². The predicted molar refractivity (Wildman–Crippen MR) is 76.3 cm³/mol. The van der Waals surface area contributed by atoms with E-state index in [-0.39, 0.29) is 0 Å². The molecule has 1 aromatic heterocycles. The number of rotatable bonds is 4. The van der Waals surface area contributed by atoms with Crippen LogP contribution < -0.4 is 9.30 Å². The zero-order chi connectivity index (χ0) is 13.8. The zero-order valence-corrected chi connectivity index (χ0v) is 11.0. The van der Waals surface area contributed by atoms with Crippen LogP contribution in [0, 0.1) is 0 Å². The minimum absolute atomic E-state index is 0.537. The van der Waals surface area contributed by atoms with Gasteiger partial charge in [0.1, 0.15) is 0 Å². The Bertz CT molecular complexity index is 713. The van der Waals surface area contributed by atoms with Crippen molar-refractivity contribution in [2.24, 2.45) is 0 Å². The van der Waals surface area contributed by atoms with Gasteiger partial charge in [-0.25, -0.2) is 4.39 Å². The Labute approximate surface area is 117 Å². The first-order chi connectivity index (χ1) is 9.88. The summed E-state index contributed by atoms with van der Waals surface area (Å²) in [5.74, 6) is 0.537. The average Bonchev–Trinajstić information content (AvgIpc) is 2.51. The Kier molecular flexibility index (Phi) is 3.59. The van der Waals surface area contributed by atoms with Crippen molar-refractivity contribution in [3.63, 3.8) is 0 Å². The molecule has 3 heteroatoms. The largest absolute Gasteiger partial charge is 0.412 e. The van der Waals surface area contributed by atoms with Crippen molar-refractivity contribution in [3.05, 3.63) is 72.3 Å². The molecule has 0 N–H and O–H groups in total. The van der Waals surface area contributed by atoms with Crippen LogP contribution in [0.3, 0.4) is 0 Å². The second-order valence-electron chi connectivity index (χ2n) is 4.56. The summed E-state index contributed by atoms with van der Waals surface area (Å²) in [6.07, 6.45) is 0. The highest BCUT2D eigenvalue weighted by atomic mass is 19.1. The molecule has 0 unspecified atom stereocenters. The van der Waals surface area contributed by atoms with E-state index in [1.807, 2.05) is 71.3 Å². The molecule has 0 atom stereocenters. The fourth-order valence-corrected chi connectivity index (χ4v) is 2.36. The number of alkyl halides is 1. The summed E-state index contributed by atoms with van der Waals surface area (Å²) in [6.45, 7) is -0.176. The quantitative estimate of drug-likeness (QED) is 0.660. The molecule has 100 valence electrons. The number of ether oxygens (including phenoxy) is 1. The Balaban J connectivity index is 2.12. The molecule has 0 aliphatic rings. The average molecular weight is 268 g/mol. The van der Waals surface area contributed by atoms with Gasteiger partial charge in [0.2, 0.25) is 12.4 Å². The molecule has 0 amide bonds. The lowest BCUT2D eigenvalue weighted by molar-refractivity contribution is -0.668. The van der Waals surface area contributed by atoms with Crippen LogP contribution in [0.5, 0.6) is 5.88 Å². The van der Waals surface area contributed by atoms with E-state index in [0.717, 1.165) is 16.5 Å². The molecular weight excluding hydrogens is 253 g/mol. The van der Waals surface area contributed by atoms with E-state index in [2.05, 4.69) is 0 Å². The third-order valence-corrected chi connectivity index (χ3v) is 3.28. The fraction of sp³-hybridized carbons (Fsp3) is 0.118. The molecule has 0 saturated heterocycles. The van der Waals surface area contributed by atoms with Crippen LogP contribution in [-0.4, -0.2) is 6.86 Å². The molecule has 2 nitrogen and oxygen atoms in total. The first kappa shape index (κ1) is 12.6. The molecule has 20 heavy (non-hydrogen) atoms. The molecule has 3 rings (SSSR count). The minimum atomic E-state index is -0.826. The van der Waals surface area contributed by atoms with Gasteiger partial charge in [-0.3, -0.25) is 0 Å². The number of fused-ring (bicyclic) bond motifs is 1. The summed E-state index contributed by atoms with van der Waals surface area (Å²) in [4.78, 5) is 0. The molecule has 2 aromatic carbocycles. The number of nitrogens with zero attached hydrogens (tertiary/aromatic N) is 1. The molecule has 0 aliphatic carbocycles. The maximum Gasteiger partial charge on any atom is 0.370 e. The molecule has 1 heterocycles. The molecule has 0 radical (unpaired) electrons. The first-order valence-corrected chi connectivity index (χ1v) is 6.53. The van der Waals surface area contributed by atoms with Crippen LogP contribution in [0.4, 0.5) is 4.39 Å². The Morgan fingerprint density at radius 2 is 1.60 bits per heavy atom. The molecular formula is C17H15FNO+. The predicted octanol–water partition coefficient (Wildman–Crippen LogP) is 3.48. The lowest BCUT2D eigenvalue weighted by Crippen LogP contribution is -2.37. The fourth-order valence-electron chi connectivity index (χ4n) is 2.36. The van der Waals surface area contributed by atoms with Crippen LogP contribution in [0.15, 0.2) is 66.7 Å². The summed E-state index contributed by atoms with van der Waals surface area (Å²) in [6, 6.07) is 21.9. The van der Waals surface area contributed by atoms with Crippen LogP contribution in [0.1, 0.15) is 5.56 Å². The van der Waals surface area contributed by atoms with E-state index in [1.165, 1.54) is 0 Å². The van der Waals surface area contributed by atoms with E-state index in [1.54, 1.807) is 0 Å². The molecule has 0 fully saturated rings. The molecule has 0 spiro atoms. The number of pyridine rings is 1. The monoisotopic (exact) mass is 268 g/mol. The van der Waals surface area contributed by atoms with Gasteiger partial charge in [-0.1, -0.05) is 42.5 Å². The van der Waals surface area contributed by atoms with Crippen molar-refractivity contribution in [2.45, 2.75) is 6.54 Å². The zero-order valence-electron chi connectivity index (χ0n) is 11.0. The van der Waals surface area contributed by atoms with Gasteiger partial charge in [-0.15, -0.1) is 0 Å². The Hall–Kier alpha value is -2.42. The highest BCUT2D eigenvalue weighted by Crippen LogP contribution is 2.15. The van der Waals surface area contributed by atoms with Crippen LogP contribution in [-0.2, 0) is 6.54 Å². The third kappa shape index (κ3) is 2.48. The van der Waals surface area contributed by atoms with E-state index in [4.69, 9.17) is 4.74 Å². The molecule has 0 bridgehead atoms. The van der Waals surface area contributed by atoms with Crippen molar-refractivity contribution in [1.29, 1.82) is 0 Å². The maximum absolute atomic E-state index is 12.6. The lowest BCUT2D eigenvalue weighted by atomic mass is 10.2. The van der Waals surface area contributed by atoms with Crippen LogP contribution >= 0.6 is 0 Å². The van der Waals surface area contributed by atoms with Gasteiger partial charge in [0, 0.05) is 17.0 Å². The summed E-state index contributed by atoms with van der Waals surface area (Å²) in [5, 5.41) is 1.11. The van der Waals surface area contributed by atoms with Gasteiger partial charge in [0.15, 0.2) is 6.54 Å². The van der Waals surface area contributed by atoms with E-state index in [9.17, 15) is 4.39 Å². The Morgan fingerprint density at radius 1 is 0.850 bits per heavy atom. The van der Waals surface area contributed by atoms with Crippen molar-refractivity contribution in [1.82, 2.24) is 0 Å².